The van der Waals surface area contributed by atoms with Gasteiger partial charge in [0, 0.05) is 6.54 Å². The normalized spacial score (nSPS) is 10.0. The van der Waals surface area contributed by atoms with Gasteiger partial charge in [-0.05, 0) is 17.7 Å². The first kappa shape index (κ1) is 20.6. The number of nitro groups is 1. The fourth-order valence-electron chi connectivity index (χ4n) is 2.43. The first-order chi connectivity index (χ1) is 13.5. The van der Waals surface area contributed by atoms with Crippen molar-refractivity contribution in [1.29, 1.82) is 0 Å². The maximum atomic E-state index is 12.6. The fraction of sp³-hybridized carbons (Fsp3) is 0.211. The predicted molar refractivity (Wildman–Crippen MR) is 97.9 cm³/mol. The van der Waals surface area contributed by atoms with Crippen LogP contribution in [0.2, 0.25) is 0 Å². The summed E-state index contributed by atoms with van der Waals surface area (Å²) in [7, 11) is 1.21. The molecule has 9 nitrogen and oxygen atoms in total. The molecule has 0 N–H and O–H groups in total. The first-order valence-corrected chi connectivity index (χ1v) is 8.20. The Bertz CT molecular complexity index is 868. The Balaban J connectivity index is 2.16. The minimum atomic E-state index is -0.750. The second-order valence-corrected chi connectivity index (χ2v) is 5.67. The van der Waals surface area contributed by atoms with Crippen molar-refractivity contribution in [2.45, 2.75) is 6.54 Å². The number of esters is 1. The number of benzene rings is 2. The van der Waals surface area contributed by atoms with E-state index in [1.54, 1.807) is 24.3 Å². The maximum absolute atomic E-state index is 12.6. The van der Waals surface area contributed by atoms with Crippen molar-refractivity contribution in [3.63, 3.8) is 0 Å². The van der Waals surface area contributed by atoms with Gasteiger partial charge in [-0.25, -0.2) is 0 Å². The molecule has 0 saturated heterocycles. The number of ether oxygens (including phenoxy) is 2. The zero-order valence-electron chi connectivity index (χ0n) is 15.1. The summed E-state index contributed by atoms with van der Waals surface area (Å²) in [6.45, 7) is -0.717. The molecule has 1 amide bonds. The van der Waals surface area contributed by atoms with Crippen molar-refractivity contribution in [2.24, 2.45) is 0 Å². The Morgan fingerprint density at radius 1 is 1.14 bits per heavy atom. The summed E-state index contributed by atoms with van der Waals surface area (Å²) >= 11 is 0. The minimum Gasteiger partial charge on any atom is -0.477 e. The van der Waals surface area contributed by atoms with Gasteiger partial charge in [-0.3, -0.25) is 24.5 Å². The molecule has 146 valence electrons. The molecule has 0 atom stereocenters. The maximum Gasteiger partial charge on any atom is 0.325 e. The van der Waals surface area contributed by atoms with E-state index in [0.29, 0.717) is 6.29 Å². The van der Waals surface area contributed by atoms with Crippen LogP contribution in [-0.2, 0) is 20.9 Å². The summed E-state index contributed by atoms with van der Waals surface area (Å²) in [6, 6.07) is 13.0. The number of nitrogens with zero attached hydrogens (tertiary/aromatic N) is 2. The van der Waals surface area contributed by atoms with Crippen molar-refractivity contribution in [3.8, 4) is 5.75 Å². The van der Waals surface area contributed by atoms with Gasteiger partial charge in [0.05, 0.1) is 17.6 Å². The van der Waals surface area contributed by atoms with E-state index >= 15 is 0 Å². The molecule has 0 radical (unpaired) electrons. The van der Waals surface area contributed by atoms with Crippen molar-refractivity contribution < 1.29 is 28.8 Å². The van der Waals surface area contributed by atoms with Gasteiger partial charge in [0.1, 0.15) is 6.54 Å². The van der Waals surface area contributed by atoms with Gasteiger partial charge in [-0.2, -0.15) is 0 Å². The molecule has 0 bridgehead atoms. The number of hydrogen-bond donors (Lipinski definition) is 0. The summed E-state index contributed by atoms with van der Waals surface area (Å²) in [6.07, 6.45) is 0.339. The number of carbonyl (C=O) groups is 3. The predicted octanol–water partition coefficient (Wildman–Crippen LogP) is 1.99. The Hall–Kier alpha value is -3.75. The number of para-hydroxylation sites is 1. The number of amides is 1. The quantitative estimate of drug-likeness (QED) is 0.280. The molecule has 0 aliphatic heterocycles. The van der Waals surface area contributed by atoms with Crippen molar-refractivity contribution in [1.82, 2.24) is 4.90 Å². The SMILES string of the molecule is COC(=O)CN(Cc1ccccc1)C(=O)COc1cccc(C=O)c1[N+](=O)[O-]. The summed E-state index contributed by atoms with van der Waals surface area (Å²) in [5.41, 5.74) is 0.104. The van der Waals surface area contributed by atoms with E-state index in [2.05, 4.69) is 4.74 Å². The van der Waals surface area contributed by atoms with Crippen molar-refractivity contribution in [2.75, 3.05) is 20.3 Å². The van der Waals surface area contributed by atoms with Crippen LogP contribution in [0.25, 0.3) is 0 Å². The van der Waals surface area contributed by atoms with Crippen molar-refractivity contribution in [3.05, 3.63) is 69.8 Å². The van der Waals surface area contributed by atoms with Crippen LogP contribution in [0.4, 0.5) is 5.69 Å². The highest BCUT2D eigenvalue weighted by molar-refractivity contribution is 5.85. The van der Waals surface area contributed by atoms with E-state index in [-0.39, 0.29) is 24.4 Å². The van der Waals surface area contributed by atoms with Gasteiger partial charge in [0.15, 0.2) is 18.6 Å². The lowest BCUT2D eigenvalue weighted by atomic mass is 10.2. The summed E-state index contributed by atoms with van der Waals surface area (Å²) < 4.78 is 9.90. The third kappa shape index (κ3) is 5.37. The smallest absolute Gasteiger partial charge is 0.325 e. The highest BCUT2D eigenvalue weighted by Crippen LogP contribution is 2.29. The molecule has 28 heavy (non-hydrogen) atoms. The largest absolute Gasteiger partial charge is 0.477 e. The average molecular weight is 386 g/mol. The number of aldehydes is 1. The number of hydrogen-bond acceptors (Lipinski definition) is 7. The molecule has 0 spiro atoms. The summed E-state index contributed by atoms with van der Waals surface area (Å²) in [4.78, 5) is 46.9. The molecule has 0 heterocycles. The molecule has 0 aliphatic carbocycles. The van der Waals surface area contributed by atoms with Crippen LogP contribution in [0.5, 0.6) is 5.75 Å². The first-order valence-electron chi connectivity index (χ1n) is 8.20. The van der Waals surface area contributed by atoms with Gasteiger partial charge in [0.25, 0.3) is 5.91 Å². The van der Waals surface area contributed by atoms with Gasteiger partial charge in [0.2, 0.25) is 0 Å². The van der Waals surface area contributed by atoms with Gasteiger partial charge >= 0.3 is 11.7 Å². The Morgan fingerprint density at radius 3 is 2.46 bits per heavy atom. The second-order valence-electron chi connectivity index (χ2n) is 5.67. The third-order valence-corrected chi connectivity index (χ3v) is 3.81. The molecule has 2 rings (SSSR count). The Kier molecular flexibility index (Phi) is 7.21. The van der Waals surface area contributed by atoms with Crippen LogP contribution in [0.1, 0.15) is 15.9 Å². The average Bonchev–Trinajstić information content (AvgIpc) is 2.71. The minimum absolute atomic E-state index is 0.134. The number of methoxy groups -OCH3 is 1. The molecular formula is C19H18N2O7. The third-order valence-electron chi connectivity index (χ3n) is 3.81. The fourth-order valence-corrected chi connectivity index (χ4v) is 2.43. The van der Waals surface area contributed by atoms with Gasteiger partial charge < -0.3 is 14.4 Å². The lowest BCUT2D eigenvalue weighted by Gasteiger charge is -2.21. The molecule has 0 unspecified atom stereocenters. The number of nitro benzene ring substituents is 1. The molecule has 0 fully saturated rings. The number of rotatable bonds is 9. The molecule has 0 aliphatic rings. The molecule has 2 aromatic rings. The summed E-state index contributed by atoms with van der Waals surface area (Å²) in [5.74, 6) is -1.39. The molecule has 2 aromatic carbocycles. The highest BCUT2D eigenvalue weighted by atomic mass is 16.6. The van der Waals surface area contributed by atoms with E-state index in [0.717, 1.165) is 5.56 Å². The lowest BCUT2D eigenvalue weighted by Crippen LogP contribution is -2.38. The topological polar surface area (TPSA) is 116 Å². The van der Waals surface area contributed by atoms with E-state index in [1.165, 1.54) is 30.2 Å². The van der Waals surface area contributed by atoms with E-state index in [9.17, 15) is 24.5 Å². The molecule has 0 aromatic heterocycles. The zero-order chi connectivity index (χ0) is 20.5. The highest BCUT2D eigenvalue weighted by Gasteiger charge is 2.23. The standard InChI is InChI=1S/C19H18N2O7/c1-27-18(24)11-20(10-14-6-3-2-4-7-14)17(23)13-28-16-9-5-8-15(12-22)19(16)21(25)26/h2-9,12H,10-11,13H2,1H3. The molecular weight excluding hydrogens is 368 g/mol. The van der Waals surface area contributed by atoms with Gasteiger partial charge in [-0.1, -0.05) is 36.4 Å². The lowest BCUT2D eigenvalue weighted by molar-refractivity contribution is -0.386. The Morgan fingerprint density at radius 2 is 1.86 bits per heavy atom. The van der Waals surface area contributed by atoms with E-state index in [1.807, 2.05) is 6.07 Å². The second kappa shape index (κ2) is 9.81. The van der Waals surface area contributed by atoms with E-state index < -0.39 is 29.1 Å². The van der Waals surface area contributed by atoms with Crippen LogP contribution in [0.15, 0.2) is 48.5 Å². The van der Waals surface area contributed by atoms with Crippen LogP contribution >= 0.6 is 0 Å². The van der Waals surface area contributed by atoms with Crippen LogP contribution in [0.3, 0.4) is 0 Å². The van der Waals surface area contributed by atoms with Gasteiger partial charge in [-0.15, -0.1) is 0 Å². The number of carbonyl (C=O) groups excluding carboxylic acids is 3. The van der Waals surface area contributed by atoms with Crippen molar-refractivity contribution >= 4 is 23.9 Å². The van der Waals surface area contributed by atoms with E-state index in [4.69, 9.17) is 4.74 Å². The summed E-state index contributed by atoms with van der Waals surface area (Å²) in [5, 5.41) is 11.2. The molecule has 0 saturated carbocycles. The van der Waals surface area contributed by atoms with Crippen LogP contribution < -0.4 is 4.74 Å². The zero-order valence-corrected chi connectivity index (χ0v) is 15.1. The Labute approximate surface area is 160 Å². The van der Waals surface area contributed by atoms with Crippen LogP contribution in [0, 0.1) is 10.1 Å². The monoisotopic (exact) mass is 386 g/mol. The molecule has 9 heteroatoms. The van der Waals surface area contributed by atoms with Crippen LogP contribution in [-0.4, -0.2) is 48.2 Å².